The maximum absolute atomic E-state index is 4.17. The molecule has 0 aliphatic heterocycles. The summed E-state index contributed by atoms with van der Waals surface area (Å²) in [5.41, 5.74) is 4.53. The minimum atomic E-state index is 0.778. The zero-order chi connectivity index (χ0) is 10.4. The van der Waals surface area contributed by atoms with Crippen molar-refractivity contribution in [1.82, 2.24) is 15.7 Å². The van der Waals surface area contributed by atoms with E-state index in [1.54, 1.807) is 6.20 Å². The van der Waals surface area contributed by atoms with Gasteiger partial charge in [-0.25, -0.2) is 0 Å². The van der Waals surface area contributed by atoms with E-state index in [1.165, 1.54) is 0 Å². The predicted molar refractivity (Wildman–Crippen MR) is 59.4 cm³/mol. The Balaban J connectivity index is 2.66. The number of hydrogen-bond donors (Lipinski definition) is 2. The molecule has 0 bridgehead atoms. The van der Waals surface area contributed by atoms with Crippen LogP contribution in [0.2, 0.25) is 0 Å². The molecule has 0 aromatic carbocycles. The number of hydrazone groups is 1. The Kier molecular flexibility index (Phi) is 4.29. The van der Waals surface area contributed by atoms with Gasteiger partial charge in [-0.1, -0.05) is 0 Å². The Morgan fingerprint density at radius 1 is 1.50 bits per heavy atom. The van der Waals surface area contributed by atoms with Crippen LogP contribution in [0.5, 0.6) is 0 Å². The molecule has 0 saturated heterocycles. The van der Waals surface area contributed by atoms with Gasteiger partial charge >= 0.3 is 90.8 Å². The first-order chi connectivity index (χ1) is 6.74. The summed E-state index contributed by atoms with van der Waals surface area (Å²) in [5.74, 6) is 0. The topological polar surface area (TPSA) is 49.3 Å². The molecule has 2 N–H and O–H groups in total. The van der Waals surface area contributed by atoms with Crippen molar-refractivity contribution in [2.75, 3.05) is 7.05 Å². The van der Waals surface area contributed by atoms with Crippen molar-refractivity contribution < 1.29 is 0 Å². The van der Waals surface area contributed by atoms with E-state index in [0.717, 1.165) is 16.1 Å². The molecule has 0 aliphatic carbocycles. The van der Waals surface area contributed by atoms with Crippen LogP contribution in [0.3, 0.4) is 0 Å². The van der Waals surface area contributed by atoms with Crippen LogP contribution in [0.25, 0.3) is 0 Å². The van der Waals surface area contributed by atoms with Crippen LogP contribution >= 0.6 is 0 Å². The molecule has 0 unspecified atom stereocenters. The third-order valence-corrected chi connectivity index (χ3v) is 2.21. The molecule has 1 aromatic heterocycles. The van der Waals surface area contributed by atoms with Gasteiger partial charge in [0.1, 0.15) is 0 Å². The minimum absolute atomic E-state index is 0.778. The third-order valence-electron chi connectivity index (χ3n) is 1.59. The fraction of sp³-hybridized carbons (Fsp3) is 0.222. The second-order valence-corrected chi connectivity index (χ2v) is 3.46. The Bertz CT molecular complexity index is 334. The van der Waals surface area contributed by atoms with Crippen LogP contribution in [0.1, 0.15) is 12.6 Å². The van der Waals surface area contributed by atoms with Crippen LogP contribution in [-0.4, -0.2) is 38.0 Å². The molecule has 0 saturated carbocycles. The fourth-order valence-corrected chi connectivity index (χ4v) is 0.920. The van der Waals surface area contributed by atoms with Crippen molar-refractivity contribution in [1.29, 1.82) is 0 Å². The SMILES string of the molecule is CNC(=[Se])NN=C(C)c1ccccn1. The van der Waals surface area contributed by atoms with Gasteiger partial charge in [-0.05, 0) is 0 Å². The Labute approximate surface area is 91.2 Å². The van der Waals surface area contributed by atoms with E-state index in [2.05, 4.69) is 36.4 Å². The molecule has 0 fully saturated rings. The van der Waals surface area contributed by atoms with E-state index in [4.69, 9.17) is 0 Å². The van der Waals surface area contributed by atoms with Gasteiger partial charge in [0.25, 0.3) is 0 Å². The van der Waals surface area contributed by atoms with Crippen molar-refractivity contribution in [2.45, 2.75) is 6.92 Å². The van der Waals surface area contributed by atoms with E-state index in [1.807, 2.05) is 32.2 Å². The van der Waals surface area contributed by atoms with Gasteiger partial charge in [0.15, 0.2) is 0 Å². The first kappa shape index (κ1) is 10.9. The number of pyridine rings is 1. The third kappa shape index (κ3) is 3.28. The average molecular weight is 255 g/mol. The van der Waals surface area contributed by atoms with Gasteiger partial charge in [0, 0.05) is 0 Å². The fourth-order valence-electron chi connectivity index (χ4n) is 0.825. The molecule has 1 aromatic rings. The quantitative estimate of drug-likeness (QED) is 0.447. The van der Waals surface area contributed by atoms with Crippen molar-refractivity contribution in [3.63, 3.8) is 0 Å². The van der Waals surface area contributed by atoms with E-state index < -0.39 is 0 Å². The molecule has 0 radical (unpaired) electrons. The van der Waals surface area contributed by atoms with Crippen LogP contribution in [0.4, 0.5) is 0 Å². The first-order valence-corrected chi connectivity index (χ1v) is 5.03. The molecule has 0 atom stereocenters. The van der Waals surface area contributed by atoms with E-state index in [9.17, 15) is 0 Å². The van der Waals surface area contributed by atoms with Gasteiger partial charge in [-0.2, -0.15) is 0 Å². The number of aromatic nitrogens is 1. The Morgan fingerprint density at radius 2 is 2.29 bits per heavy atom. The second kappa shape index (κ2) is 5.52. The molecule has 0 aliphatic rings. The number of nitrogens with zero attached hydrogens (tertiary/aromatic N) is 2. The Hall–Kier alpha value is -1.19. The number of nitrogens with one attached hydrogen (secondary N) is 2. The standard InChI is InChI=1S/C9H12N4Se/c1-7(12-13-9(14)10-2)8-5-3-4-6-11-8/h3-6H,1-2H3,(H2,10,13,14). The maximum atomic E-state index is 4.17. The van der Waals surface area contributed by atoms with Gasteiger partial charge < -0.3 is 0 Å². The first-order valence-electron chi connectivity index (χ1n) is 4.17. The summed E-state index contributed by atoms with van der Waals surface area (Å²) < 4.78 is 0.778. The molecule has 5 heteroatoms. The zero-order valence-corrected chi connectivity index (χ0v) is 9.83. The summed E-state index contributed by atoms with van der Waals surface area (Å²) in [7, 11) is 1.81. The molecule has 14 heavy (non-hydrogen) atoms. The van der Waals surface area contributed by atoms with Crippen LogP contribution in [-0.2, 0) is 0 Å². The summed E-state index contributed by atoms with van der Waals surface area (Å²) in [6, 6.07) is 5.73. The summed E-state index contributed by atoms with van der Waals surface area (Å²) in [6.07, 6.45) is 1.75. The summed E-state index contributed by atoms with van der Waals surface area (Å²) in [4.78, 5) is 4.17. The molecule has 1 rings (SSSR count). The monoisotopic (exact) mass is 256 g/mol. The van der Waals surface area contributed by atoms with E-state index in [0.29, 0.717) is 0 Å². The van der Waals surface area contributed by atoms with Gasteiger partial charge in [0.2, 0.25) is 0 Å². The van der Waals surface area contributed by atoms with Gasteiger partial charge in [-0.15, -0.1) is 0 Å². The molecule has 1 heterocycles. The Morgan fingerprint density at radius 3 is 2.86 bits per heavy atom. The zero-order valence-electron chi connectivity index (χ0n) is 8.11. The molecular weight excluding hydrogens is 243 g/mol. The predicted octanol–water partition coefficient (Wildman–Crippen LogP) is -0.130. The van der Waals surface area contributed by atoms with Crippen molar-refractivity contribution in [3.8, 4) is 0 Å². The normalized spacial score (nSPS) is 10.9. The van der Waals surface area contributed by atoms with Gasteiger partial charge in [-0.3, -0.25) is 0 Å². The number of hydrogen-bond acceptors (Lipinski definition) is 4. The second-order valence-electron chi connectivity index (χ2n) is 2.60. The van der Waals surface area contributed by atoms with E-state index in [-0.39, 0.29) is 0 Å². The molecule has 4 nitrogen and oxygen atoms in total. The van der Waals surface area contributed by atoms with Crippen LogP contribution in [0, 0.1) is 0 Å². The number of rotatable bonds is 4. The molecule has 0 amide bonds. The summed E-state index contributed by atoms with van der Waals surface area (Å²) in [5, 5.41) is 7.03. The molecular formula is C9H12N4Se. The average Bonchev–Trinajstić information content (AvgIpc) is 2.26. The van der Waals surface area contributed by atoms with E-state index >= 15 is 0 Å². The molecule has 0 spiro atoms. The van der Waals surface area contributed by atoms with Crippen molar-refractivity contribution >= 4 is 26.0 Å². The van der Waals surface area contributed by atoms with Gasteiger partial charge in [0.05, 0.1) is 0 Å². The summed E-state index contributed by atoms with van der Waals surface area (Å²) >= 11 is 2.80. The van der Waals surface area contributed by atoms with Crippen molar-refractivity contribution in [2.24, 2.45) is 5.10 Å². The van der Waals surface area contributed by atoms with Crippen LogP contribution in [0.15, 0.2) is 29.5 Å². The van der Waals surface area contributed by atoms with Crippen LogP contribution < -0.4 is 10.7 Å². The van der Waals surface area contributed by atoms with Crippen molar-refractivity contribution in [3.05, 3.63) is 30.1 Å². The molecule has 74 valence electrons. The summed E-state index contributed by atoms with van der Waals surface area (Å²) in [6.45, 7) is 1.90.